The molecule has 0 saturated carbocycles. The van der Waals surface area contributed by atoms with E-state index in [9.17, 15) is 0 Å². The number of hydrogen-bond acceptors (Lipinski definition) is 3. The maximum absolute atomic E-state index is 6.02. The van der Waals surface area contributed by atoms with Crippen LogP contribution in [0.5, 0.6) is 0 Å². The highest BCUT2D eigenvalue weighted by Crippen LogP contribution is 2.21. The molecule has 1 aromatic rings. The van der Waals surface area contributed by atoms with Crippen molar-refractivity contribution < 1.29 is 0 Å². The summed E-state index contributed by atoms with van der Waals surface area (Å²) < 4.78 is 0. The average Bonchev–Trinajstić information content (AvgIpc) is 2.37. The molecular weight excluding hydrogens is 252 g/mol. The summed E-state index contributed by atoms with van der Waals surface area (Å²) in [6.45, 7) is 6.72. The molecule has 1 aliphatic heterocycles. The quantitative estimate of drug-likeness (QED) is 0.830. The topological polar surface area (TPSA) is 6.48 Å². The molecule has 0 aliphatic carbocycles. The van der Waals surface area contributed by atoms with Crippen LogP contribution in [0, 0.1) is 0 Å². The van der Waals surface area contributed by atoms with Crippen molar-refractivity contribution in [3.63, 3.8) is 0 Å². The van der Waals surface area contributed by atoms with Gasteiger partial charge in [-0.15, -0.1) is 11.8 Å². The molecule has 0 aromatic heterocycles. The summed E-state index contributed by atoms with van der Waals surface area (Å²) in [7, 11) is 0. The van der Waals surface area contributed by atoms with E-state index in [2.05, 4.69) is 28.9 Å². The third kappa shape index (κ3) is 3.80. The smallest absolute Gasteiger partial charge is 0.0445 e. The van der Waals surface area contributed by atoms with Crippen molar-refractivity contribution in [2.45, 2.75) is 6.92 Å². The predicted molar refractivity (Wildman–Crippen MR) is 78.2 cm³/mol. The van der Waals surface area contributed by atoms with Gasteiger partial charge < -0.3 is 4.90 Å². The number of benzene rings is 1. The van der Waals surface area contributed by atoms with Crippen molar-refractivity contribution in [2.75, 3.05) is 42.7 Å². The van der Waals surface area contributed by atoms with E-state index in [1.807, 2.05) is 23.9 Å². The van der Waals surface area contributed by atoms with E-state index >= 15 is 0 Å². The Morgan fingerprint density at radius 1 is 1.24 bits per heavy atom. The van der Waals surface area contributed by atoms with Crippen LogP contribution < -0.4 is 4.90 Å². The molecule has 1 aliphatic rings. The standard InChI is InChI=1S/C13H19ClN2S/c1-2-17-11-15-6-8-16(9-7-15)13-5-3-4-12(14)10-13/h3-5,10H,2,6-9,11H2,1H3. The zero-order chi connectivity index (χ0) is 12.1. The summed E-state index contributed by atoms with van der Waals surface area (Å²) in [4.78, 5) is 4.94. The molecule has 1 heterocycles. The fraction of sp³-hybridized carbons (Fsp3) is 0.538. The van der Waals surface area contributed by atoms with Gasteiger partial charge in [0.1, 0.15) is 0 Å². The minimum Gasteiger partial charge on any atom is -0.369 e. The fourth-order valence-electron chi connectivity index (χ4n) is 2.03. The van der Waals surface area contributed by atoms with Crippen LogP contribution >= 0.6 is 23.4 Å². The first kappa shape index (κ1) is 13.1. The van der Waals surface area contributed by atoms with Gasteiger partial charge in [0.25, 0.3) is 0 Å². The number of thioether (sulfide) groups is 1. The minimum absolute atomic E-state index is 0.825. The predicted octanol–water partition coefficient (Wildman–Crippen LogP) is 3.17. The van der Waals surface area contributed by atoms with Crippen molar-refractivity contribution in [1.82, 2.24) is 4.90 Å². The third-order valence-corrected chi connectivity index (χ3v) is 4.21. The summed E-state index contributed by atoms with van der Waals surface area (Å²) in [5.41, 5.74) is 1.25. The summed E-state index contributed by atoms with van der Waals surface area (Å²) in [6.07, 6.45) is 0. The van der Waals surface area contributed by atoms with Gasteiger partial charge in [-0.05, 0) is 24.0 Å². The molecule has 0 atom stereocenters. The van der Waals surface area contributed by atoms with Crippen LogP contribution in [0.4, 0.5) is 5.69 Å². The second-order valence-corrected chi connectivity index (χ2v) is 5.89. The minimum atomic E-state index is 0.825. The number of rotatable bonds is 4. The molecule has 0 radical (unpaired) electrons. The maximum Gasteiger partial charge on any atom is 0.0445 e. The van der Waals surface area contributed by atoms with Gasteiger partial charge in [-0.2, -0.15) is 0 Å². The van der Waals surface area contributed by atoms with Crippen molar-refractivity contribution in [3.05, 3.63) is 29.3 Å². The van der Waals surface area contributed by atoms with Gasteiger partial charge in [0.2, 0.25) is 0 Å². The van der Waals surface area contributed by atoms with Crippen LogP contribution in [0.25, 0.3) is 0 Å². The lowest BCUT2D eigenvalue weighted by Crippen LogP contribution is -2.46. The Kier molecular flexibility index (Phi) is 5.01. The number of piperazine rings is 1. The zero-order valence-corrected chi connectivity index (χ0v) is 11.8. The SMILES string of the molecule is CCSCN1CCN(c2cccc(Cl)c2)CC1. The molecule has 0 unspecified atom stereocenters. The zero-order valence-electron chi connectivity index (χ0n) is 10.2. The maximum atomic E-state index is 6.02. The normalized spacial score (nSPS) is 17.4. The highest BCUT2D eigenvalue weighted by atomic mass is 35.5. The Morgan fingerprint density at radius 2 is 2.00 bits per heavy atom. The van der Waals surface area contributed by atoms with Crippen LogP contribution in [0.3, 0.4) is 0 Å². The van der Waals surface area contributed by atoms with Gasteiger partial charge in [-0.3, -0.25) is 4.90 Å². The third-order valence-electron chi connectivity index (χ3n) is 3.02. The van der Waals surface area contributed by atoms with Crippen molar-refractivity contribution in [3.8, 4) is 0 Å². The largest absolute Gasteiger partial charge is 0.369 e. The lowest BCUT2D eigenvalue weighted by molar-refractivity contribution is 0.301. The first-order valence-corrected chi connectivity index (χ1v) is 7.63. The van der Waals surface area contributed by atoms with Gasteiger partial charge in [0.15, 0.2) is 0 Å². The van der Waals surface area contributed by atoms with Crippen LogP contribution in [0.15, 0.2) is 24.3 Å². The lowest BCUT2D eigenvalue weighted by Gasteiger charge is -2.35. The Hall–Kier alpha value is -0.380. The summed E-state index contributed by atoms with van der Waals surface area (Å²) >= 11 is 8.02. The Balaban J connectivity index is 1.86. The van der Waals surface area contributed by atoms with E-state index in [-0.39, 0.29) is 0 Å². The van der Waals surface area contributed by atoms with E-state index in [4.69, 9.17) is 11.6 Å². The Morgan fingerprint density at radius 3 is 2.65 bits per heavy atom. The molecule has 4 heteroatoms. The van der Waals surface area contributed by atoms with Crippen LogP contribution in [-0.4, -0.2) is 42.7 Å². The lowest BCUT2D eigenvalue weighted by atomic mass is 10.2. The second kappa shape index (κ2) is 6.53. The van der Waals surface area contributed by atoms with Gasteiger partial charge in [-0.1, -0.05) is 24.6 Å². The molecule has 0 spiro atoms. The molecule has 17 heavy (non-hydrogen) atoms. The highest BCUT2D eigenvalue weighted by molar-refractivity contribution is 7.99. The number of nitrogens with zero attached hydrogens (tertiary/aromatic N) is 2. The molecular formula is C13H19ClN2S. The summed E-state index contributed by atoms with van der Waals surface area (Å²) in [5.74, 6) is 2.37. The Labute approximate surface area is 113 Å². The van der Waals surface area contributed by atoms with Gasteiger partial charge >= 0.3 is 0 Å². The molecule has 1 saturated heterocycles. The molecule has 1 fully saturated rings. The molecule has 2 nitrogen and oxygen atoms in total. The van der Waals surface area contributed by atoms with Gasteiger partial charge in [0.05, 0.1) is 0 Å². The first-order valence-electron chi connectivity index (χ1n) is 6.10. The average molecular weight is 271 g/mol. The molecule has 0 amide bonds. The molecule has 0 N–H and O–H groups in total. The van der Waals surface area contributed by atoms with Crippen LogP contribution in [0.1, 0.15) is 6.92 Å². The van der Waals surface area contributed by atoms with Crippen molar-refractivity contribution in [2.24, 2.45) is 0 Å². The number of hydrogen-bond donors (Lipinski definition) is 0. The molecule has 0 bridgehead atoms. The van der Waals surface area contributed by atoms with Crippen LogP contribution in [-0.2, 0) is 0 Å². The molecule has 2 rings (SSSR count). The van der Waals surface area contributed by atoms with E-state index in [0.29, 0.717) is 0 Å². The van der Waals surface area contributed by atoms with Gasteiger partial charge in [-0.25, -0.2) is 0 Å². The van der Waals surface area contributed by atoms with Crippen molar-refractivity contribution >= 4 is 29.1 Å². The van der Waals surface area contributed by atoms with E-state index in [1.54, 1.807) is 0 Å². The second-order valence-electron chi connectivity index (χ2n) is 4.21. The van der Waals surface area contributed by atoms with Crippen LogP contribution in [0.2, 0.25) is 5.02 Å². The van der Waals surface area contributed by atoms with Gasteiger partial charge in [0, 0.05) is 42.8 Å². The number of halogens is 1. The fourth-order valence-corrected chi connectivity index (χ4v) is 2.91. The monoisotopic (exact) mass is 270 g/mol. The summed E-state index contributed by atoms with van der Waals surface area (Å²) in [5, 5.41) is 0.825. The van der Waals surface area contributed by atoms with E-state index < -0.39 is 0 Å². The van der Waals surface area contributed by atoms with Crippen molar-refractivity contribution in [1.29, 1.82) is 0 Å². The van der Waals surface area contributed by atoms with E-state index in [0.717, 1.165) is 31.2 Å². The Bertz CT molecular complexity index is 351. The van der Waals surface area contributed by atoms with E-state index in [1.165, 1.54) is 17.3 Å². The number of anilines is 1. The summed E-state index contributed by atoms with van der Waals surface area (Å²) in [6, 6.07) is 8.15. The molecule has 94 valence electrons. The highest BCUT2D eigenvalue weighted by Gasteiger charge is 2.16. The first-order chi connectivity index (χ1) is 8.29. The molecule has 1 aromatic carbocycles.